The zero-order chi connectivity index (χ0) is 28.7. The minimum Gasteiger partial charge on any atom is -0.354 e. The predicted octanol–water partition coefficient (Wildman–Crippen LogP) is 5.40. The van der Waals surface area contributed by atoms with Crippen molar-refractivity contribution < 1.29 is 18.0 Å². The molecule has 3 aromatic rings. The summed E-state index contributed by atoms with van der Waals surface area (Å²) < 4.78 is 29.0. The molecule has 0 heterocycles. The Morgan fingerprint density at radius 3 is 2.13 bits per heavy atom. The number of aryl methyl sites for hydroxylation is 3. The van der Waals surface area contributed by atoms with E-state index in [4.69, 9.17) is 11.6 Å². The van der Waals surface area contributed by atoms with Gasteiger partial charge in [0.1, 0.15) is 12.6 Å². The van der Waals surface area contributed by atoms with Gasteiger partial charge in [0.25, 0.3) is 10.0 Å². The fourth-order valence-corrected chi connectivity index (χ4v) is 5.81. The van der Waals surface area contributed by atoms with E-state index in [2.05, 4.69) is 5.32 Å². The molecular weight excluding hydrogens is 534 g/mol. The van der Waals surface area contributed by atoms with Crippen molar-refractivity contribution in [2.75, 3.05) is 17.4 Å². The van der Waals surface area contributed by atoms with E-state index in [0.717, 1.165) is 33.0 Å². The zero-order valence-electron chi connectivity index (χ0n) is 23.1. The van der Waals surface area contributed by atoms with Crippen LogP contribution in [0, 0.1) is 20.8 Å². The summed E-state index contributed by atoms with van der Waals surface area (Å²) in [5.41, 5.74) is 3.79. The molecule has 0 spiro atoms. The van der Waals surface area contributed by atoms with E-state index in [1.165, 1.54) is 17.0 Å². The molecule has 1 atom stereocenters. The zero-order valence-corrected chi connectivity index (χ0v) is 24.6. The second-order valence-corrected chi connectivity index (χ2v) is 12.0. The number of anilines is 1. The summed E-state index contributed by atoms with van der Waals surface area (Å²) in [7, 11) is -4.11. The molecule has 9 heteroatoms. The van der Waals surface area contributed by atoms with Gasteiger partial charge in [-0.2, -0.15) is 0 Å². The highest BCUT2D eigenvalue weighted by molar-refractivity contribution is 7.92. The van der Waals surface area contributed by atoms with E-state index in [1.807, 2.05) is 39.8 Å². The lowest BCUT2D eigenvalue weighted by molar-refractivity contribution is -0.139. The summed E-state index contributed by atoms with van der Waals surface area (Å²) in [5, 5.41) is 3.39. The number of benzene rings is 3. The van der Waals surface area contributed by atoms with Gasteiger partial charge in [0, 0.05) is 18.1 Å². The van der Waals surface area contributed by atoms with Gasteiger partial charge in [-0.1, -0.05) is 66.0 Å². The Bertz CT molecular complexity index is 1410. The number of hydrogen-bond acceptors (Lipinski definition) is 4. The third-order valence-electron chi connectivity index (χ3n) is 6.49. The van der Waals surface area contributed by atoms with E-state index in [-0.39, 0.29) is 17.3 Å². The van der Waals surface area contributed by atoms with Crippen LogP contribution in [0.25, 0.3) is 0 Å². The first kappa shape index (κ1) is 30.2. The summed E-state index contributed by atoms with van der Waals surface area (Å²) in [5.74, 6) is -0.807. The molecule has 2 amide bonds. The number of nitrogens with zero attached hydrogens (tertiary/aromatic N) is 2. The van der Waals surface area contributed by atoms with E-state index in [9.17, 15) is 18.0 Å². The molecule has 0 radical (unpaired) electrons. The Hall–Kier alpha value is -3.36. The van der Waals surface area contributed by atoms with Gasteiger partial charge in [-0.05, 0) is 75.6 Å². The summed E-state index contributed by atoms with van der Waals surface area (Å²) in [4.78, 5) is 28.4. The monoisotopic (exact) mass is 569 g/mol. The number of nitrogens with one attached hydrogen (secondary N) is 1. The van der Waals surface area contributed by atoms with Crippen LogP contribution >= 0.6 is 11.6 Å². The van der Waals surface area contributed by atoms with Gasteiger partial charge in [-0.15, -0.1) is 0 Å². The molecule has 0 aliphatic heterocycles. The number of amides is 2. The van der Waals surface area contributed by atoms with Crippen LogP contribution in [-0.2, 0) is 26.2 Å². The van der Waals surface area contributed by atoms with Crippen molar-refractivity contribution in [2.45, 2.75) is 58.5 Å². The van der Waals surface area contributed by atoms with E-state index in [1.54, 1.807) is 49.4 Å². The average molecular weight is 570 g/mol. The summed E-state index contributed by atoms with van der Waals surface area (Å²) in [6.07, 6.45) is 0.749. The van der Waals surface area contributed by atoms with Crippen molar-refractivity contribution in [3.63, 3.8) is 0 Å². The van der Waals surface area contributed by atoms with Gasteiger partial charge in [0.05, 0.1) is 10.6 Å². The molecule has 1 N–H and O–H groups in total. The van der Waals surface area contributed by atoms with Crippen molar-refractivity contribution in [2.24, 2.45) is 0 Å². The molecule has 0 aliphatic carbocycles. The van der Waals surface area contributed by atoms with Gasteiger partial charge in [-0.25, -0.2) is 8.42 Å². The number of carbonyl (C=O) groups is 2. The Morgan fingerprint density at radius 2 is 1.54 bits per heavy atom. The highest BCUT2D eigenvalue weighted by Gasteiger charge is 2.33. The third-order valence-corrected chi connectivity index (χ3v) is 8.52. The second kappa shape index (κ2) is 13.1. The van der Waals surface area contributed by atoms with Crippen LogP contribution < -0.4 is 9.62 Å². The van der Waals surface area contributed by atoms with E-state index >= 15 is 0 Å². The van der Waals surface area contributed by atoms with Gasteiger partial charge in [0.15, 0.2) is 0 Å². The average Bonchev–Trinajstić information content (AvgIpc) is 2.90. The second-order valence-electron chi connectivity index (χ2n) is 9.73. The fraction of sp³-hybridized carbons (Fsp3) is 0.333. The summed E-state index contributed by atoms with van der Waals surface area (Å²) >= 11 is 6.04. The SMILES string of the molecule is CCCNC(=O)[C@H](C)N(Cc1ccc(Cl)cc1)C(=O)CN(c1ccc(C)cc1C)S(=O)(=O)c1ccc(C)cc1. The quantitative estimate of drug-likeness (QED) is 0.335. The maximum atomic E-state index is 13.9. The first-order valence-electron chi connectivity index (χ1n) is 12.9. The first-order valence-corrected chi connectivity index (χ1v) is 14.7. The molecule has 0 aliphatic rings. The maximum absolute atomic E-state index is 13.9. The van der Waals surface area contributed by atoms with Crippen molar-refractivity contribution in [3.05, 3.63) is 94.0 Å². The van der Waals surface area contributed by atoms with Gasteiger partial charge in [-0.3, -0.25) is 13.9 Å². The minimum atomic E-state index is -4.11. The van der Waals surface area contributed by atoms with E-state index < -0.39 is 28.5 Å². The normalized spacial score (nSPS) is 12.1. The predicted molar refractivity (Wildman–Crippen MR) is 156 cm³/mol. The Kier molecular flexibility index (Phi) is 10.2. The lowest BCUT2D eigenvalue weighted by Gasteiger charge is -2.32. The number of carbonyl (C=O) groups excluding carboxylic acids is 2. The van der Waals surface area contributed by atoms with Gasteiger partial charge in [0.2, 0.25) is 11.8 Å². The van der Waals surface area contributed by atoms with Crippen LogP contribution in [0.3, 0.4) is 0 Å². The molecule has 0 saturated carbocycles. The third kappa shape index (κ3) is 7.61. The molecular formula is C30H36ClN3O4S. The van der Waals surface area contributed by atoms with Crippen LogP contribution in [0.15, 0.2) is 71.6 Å². The van der Waals surface area contributed by atoms with Crippen LogP contribution in [-0.4, -0.2) is 44.3 Å². The Labute approximate surface area is 236 Å². The molecule has 7 nitrogen and oxygen atoms in total. The lowest BCUT2D eigenvalue weighted by atomic mass is 10.1. The van der Waals surface area contributed by atoms with Crippen molar-refractivity contribution in [1.29, 1.82) is 0 Å². The van der Waals surface area contributed by atoms with Gasteiger partial charge >= 0.3 is 0 Å². The van der Waals surface area contributed by atoms with Crippen molar-refractivity contribution >= 4 is 39.1 Å². The molecule has 0 saturated heterocycles. The summed E-state index contributed by atoms with van der Waals surface area (Å²) in [6.45, 7) is 9.32. The molecule has 208 valence electrons. The smallest absolute Gasteiger partial charge is 0.264 e. The number of halogens is 1. The van der Waals surface area contributed by atoms with E-state index in [0.29, 0.717) is 17.3 Å². The Morgan fingerprint density at radius 1 is 0.923 bits per heavy atom. The molecule has 0 fully saturated rings. The molecule has 0 aromatic heterocycles. The lowest BCUT2D eigenvalue weighted by Crippen LogP contribution is -2.51. The van der Waals surface area contributed by atoms with Crippen molar-refractivity contribution in [1.82, 2.24) is 10.2 Å². The molecule has 3 aromatic carbocycles. The highest BCUT2D eigenvalue weighted by Crippen LogP contribution is 2.28. The topological polar surface area (TPSA) is 86.8 Å². The van der Waals surface area contributed by atoms with Crippen LogP contribution in [0.2, 0.25) is 5.02 Å². The highest BCUT2D eigenvalue weighted by atomic mass is 35.5. The molecule has 39 heavy (non-hydrogen) atoms. The number of rotatable bonds is 11. The Balaban J connectivity index is 2.05. The minimum absolute atomic E-state index is 0.0823. The van der Waals surface area contributed by atoms with Crippen molar-refractivity contribution in [3.8, 4) is 0 Å². The largest absolute Gasteiger partial charge is 0.354 e. The molecule has 3 rings (SSSR count). The fourth-order valence-electron chi connectivity index (χ4n) is 4.20. The maximum Gasteiger partial charge on any atom is 0.264 e. The van der Waals surface area contributed by atoms with Gasteiger partial charge < -0.3 is 10.2 Å². The molecule has 0 unspecified atom stereocenters. The molecule has 0 bridgehead atoms. The van der Waals surface area contributed by atoms with Crippen LogP contribution in [0.1, 0.15) is 42.5 Å². The standard InChI is InChI=1S/C30H36ClN3O4S/c1-6-17-32-30(36)24(5)33(19-25-10-12-26(31)13-11-25)29(35)20-34(28-16-9-22(3)18-23(28)4)39(37,38)27-14-7-21(2)8-15-27/h7-16,18,24H,6,17,19-20H2,1-5H3,(H,32,36)/t24-/m0/s1. The number of hydrogen-bond donors (Lipinski definition) is 1. The van der Waals surface area contributed by atoms with Crippen LogP contribution in [0.5, 0.6) is 0 Å². The first-order chi connectivity index (χ1) is 18.4. The number of sulfonamides is 1. The van der Waals surface area contributed by atoms with Crippen LogP contribution in [0.4, 0.5) is 5.69 Å². The summed E-state index contributed by atoms with van der Waals surface area (Å²) in [6, 6.07) is 18.1.